The van der Waals surface area contributed by atoms with Crippen molar-refractivity contribution in [1.82, 2.24) is 13.8 Å². The zero-order valence-corrected chi connectivity index (χ0v) is 15.2. The Hall–Kier alpha value is -1.22. The first-order chi connectivity index (χ1) is 10.9. The average molecular weight is 400 g/mol. The normalized spacial score (nSPS) is 17.7. The second-order valence-electron chi connectivity index (χ2n) is 5.71. The molecule has 8 heteroatoms. The molecule has 1 fully saturated rings. The van der Waals surface area contributed by atoms with E-state index in [1.807, 2.05) is 22.8 Å². The Morgan fingerprint density at radius 2 is 1.83 bits per heavy atom. The highest BCUT2D eigenvalue weighted by atomic mass is 79.9. The van der Waals surface area contributed by atoms with E-state index in [2.05, 4.69) is 20.8 Å². The topological polar surface area (TPSA) is 62.6 Å². The fraction of sp³-hybridized carbons (Fsp3) is 0.400. The number of nitrogens with zero attached hydrogens (tertiary/aromatic N) is 3. The van der Waals surface area contributed by atoms with Crippen LogP contribution < -0.4 is 5.43 Å². The highest BCUT2D eigenvalue weighted by Gasteiger charge is 2.23. The summed E-state index contributed by atoms with van der Waals surface area (Å²) >= 11 is 3.52. The Bertz CT molecular complexity index is 886. The molecular weight excluding hydrogens is 382 g/mol. The lowest BCUT2D eigenvalue weighted by Crippen LogP contribution is -2.48. The molecule has 2 heterocycles. The van der Waals surface area contributed by atoms with Crippen molar-refractivity contribution in [2.45, 2.75) is 6.67 Å². The number of fused-ring (bicyclic) bond motifs is 1. The second kappa shape index (κ2) is 6.35. The van der Waals surface area contributed by atoms with Gasteiger partial charge in [0.1, 0.15) is 0 Å². The third-order valence-corrected chi connectivity index (χ3v) is 6.04. The Balaban J connectivity index is 1.84. The summed E-state index contributed by atoms with van der Waals surface area (Å²) < 4.78 is 27.5. The van der Waals surface area contributed by atoms with Crippen LogP contribution in [0.1, 0.15) is 0 Å². The molecule has 0 amide bonds. The van der Waals surface area contributed by atoms with Crippen molar-refractivity contribution in [2.75, 3.05) is 32.4 Å². The van der Waals surface area contributed by atoms with Gasteiger partial charge in [-0.3, -0.25) is 9.69 Å². The van der Waals surface area contributed by atoms with Crippen LogP contribution in [0.2, 0.25) is 0 Å². The predicted molar refractivity (Wildman–Crippen MR) is 93.9 cm³/mol. The number of sulfonamides is 1. The van der Waals surface area contributed by atoms with Crippen LogP contribution in [0.4, 0.5) is 0 Å². The zero-order valence-electron chi connectivity index (χ0n) is 12.8. The average Bonchev–Trinajstić information content (AvgIpc) is 2.50. The van der Waals surface area contributed by atoms with Gasteiger partial charge >= 0.3 is 0 Å². The molecule has 0 atom stereocenters. The summed E-state index contributed by atoms with van der Waals surface area (Å²) in [4.78, 5) is 14.2. The van der Waals surface area contributed by atoms with Gasteiger partial charge in [-0.25, -0.2) is 8.42 Å². The predicted octanol–water partition coefficient (Wildman–Crippen LogP) is 1.30. The van der Waals surface area contributed by atoms with Gasteiger partial charge in [0.05, 0.1) is 18.4 Å². The molecule has 1 aliphatic rings. The third kappa shape index (κ3) is 3.50. The zero-order chi connectivity index (χ0) is 16.6. The van der Waals surface area contributed by atoms with Crippen molar-refractivity contribution in [3.63, 3.8) is 0 Å². The first-order valence-corrected chi connectivity index (χ1v) is 9.95. The standard InChI is InChI=1S/C15H18BrN3O3S/c1-23(21,22)19-9-7-17(8-10-19)11-18-6-5-14(20)12-3-2-4-13(16)15(12)18/h2-6H,7-11H2,1H3. The third-order valence-electron chi connectivity index (χ3n) is 4.10. The van der Waals surface area contributed by atoms with Crippen molar-refractivity contribution in [2.24, 2.45) is 0 Å². The number of piperazine rings is 1. The van der Waals surface area contributed by atoms with Gasteiger partial charge in [-0.2, -0.15) is 4.31 Å². The Morgan fingerprint density at radius 1 is 1.13 bits per heavy atom. The molecule has 0 unspecified atom stereocenters. The van der Waals surface area contributed by atoms with Crippen LogP contribution in [-0.4, -0.2) is 54.6 Å². The maximum Gasteiger partial charge on any atom is 0.211 e. The summed E-state index contributed by atoms with van der Waals surface area (Å²) in [6, 6.07) is 7.16. The van der Waals surface area contributed by atoms with Gasteiger partial charge in [-0.05, 0) is 28.1 Å². The van der Waals surface area contributed by atoms with Gasteiger partial charge < -0.3 is 4.57 Å². The lowest BCUT2D eigenvalue weighted by Gasteiger charge is -2.33. The molecule has 0 saturated carbocycles. The largest absolute Gasteiger partial charge is 0.333 e. The van der Waals surface area contributed by atoms with Gasteiger partial charge in [0.15, 0.2) is 5.43 Å². The summed E-state index contributed by atoms with van der Waals surface area (Å²) in [5, 5.41) is 0.677. The Kier molecular flexibility index (Phi) is 4.59. The van der Waals surface area contributed by atoms with Crippen molar-refractivity contribution in [1.29, 1.82) is 0 Å². The molecule has 1 aliphatic heterocycles. The van der Waals surface area contributed by atoms with Gasteiger partial charge in [-0.1, -0.05) is 6.07 Å². The summed E-state index contributed by atoms with van der Waals surface area (Å²) in [7, 11) is -3.12. The first kappa shape index (κ1) is 16.6. The second-order valence-corrected chi connectivity index (χ2v) is 8.54. The summed E-state index contributed by atoms with van der Waals surface area (Å²) in [6.45, 7) is 2.96. The number of halogens is 1. The van der Waals surface area contributed by atoms with Crippen LogP contribution in [0.15, 0.2) is 39.7 Å². The maximum atomic E-state index is 12.0. The van der Waals surface area contributed by atoms with Crippen LogP contribution >= 0.6 is 15.9 Å². The number of para-hydroxylation sites is 1. The van der Waals surface area contributed by atoms with E-state index in [9.17, 15) is 13.2 Å². The monoisotopic (exact) mass is 399 g/mol. The van der Waals surface area contributed by atoms with E-state index in [0.717, 1.165) is 9.99 Å². The molecule has 3 rings (SSSR count). The van der Waals surface area contributed by atoms with Crippen LogP contribution in [-0.2, 0) is 16.7 Å². The van der Waals surface area contributed by atoms with Gasteiger partial charge in [0.2, 0.25) is 10.0 Å². The van der Waals surface area contributed by atoms with Gasteiger partial charge in [-0.15, -0.1) is 0 Å². The van der Waals surface area contributed by atoms with E-state index < -0.39 is 10.0 Å². The highest BCUT2D eigenvalue weighted by molar-refractivity contribution is 9.10. The number of benzene rings is 1. The number of aromatic nitrogens is 1. The van der Waals surface area contributed by atoms with E-state index >= 15 is 0 Å². The fourth-order valence-corrected chi connectivity index (χ4v) is 4.28. The fourth-order valence-electron chi connectivity index (χ4n) is 2.86. The number of rotatable bonds is 3. The van der Waals surface area contributed by atoms with E-state index in [4.69, 9.17) is 0 Å². The van der Waals surface area contributed by atoms with Crippen LogP contribution in [0.25, 0.3) is 10.9 Å². The molecule has 0 radical (unpaired) electrons. The first-order valence-electron chi connectivity index (χ1n) is 7.31. The van der Waals surface area contributed by atoms with Crippen LogP contribution in [0.5, 0.6) is 0 Å². The highest BCUT2D eigenvalue weighted by Crippen LogP contribution is 2.22. The van der Waals surface area contributed by atoms with E-state index in [1.165, 1.54) is 10.6 Å². The van der Waals surface area contributed by atoms with Crippen molar-refractivity contribution >= 4 is 36.9 Å². The number of pyridine rings is 1. The number of hydrogen-bond acceptors (Lipinski definition) is 4. The molecule has 0 bridgehead atoms. The van der Waals surface area contributed by atoms with E-state index in [-0.39, 0.29) is 5.43 Å². The van der Waals surface area contributed by atoms with Crippen molar-refractivity contribution in [3.05, 3.63) is 45.2 Å². The molecule has 0 N–H and O–H groups in total. The molecule has 0 spiro atoms. The summed E-state index contributed by atoms with van der Waals surface area (Å²) in [5.74, 6) is 0. The minimum Gasteiger partial charge on any atom is -0.333 e. The molecular formula is C15H18BrN3O3S. The molecule has 1 aromatic carbocycles. The van der Waals surface area contributed by atoms with Crippen LogP contribution in [0.3, 0.4) is 0 Å². The summed E-state index contributed by atoms with van der Waals surface area (Å²) in [5.41, 5.74) is 0.866. The van der Waals surface area contributed by atoms with Gasteiger partial charge in [0, 0.05) is 48.3 Å². The molecule has 6 nitrogen and oxygen atoms in total. The van der Waals surface area contributed by atoms with Crippen molar-refractivity contribution in [3.8, 4) is 0 Å². The maximum absolute atomic E-state index is 12.0. The minimum absolute atomic E-state index is 0.000513. The molecule has 2 aromatic rings. The van der Waals surface area contributed by atoms with Crippen LogP contribution in [0, 0.1) is 0 Å². The molecule has 0 aliphatic carbocycles. The molecule has 124 valence electrons. The quantitative estimate of drug-likeness (QED) is 0.780. The summed E-state index contributed by atoms with van der Waals surface area (Å²) in [6.07, 6.45) is 3.04. The molecule has 1 saturated heterocycles. The van der Waals surface area contributed by atoms with Gasteiger partial charge in [0.25, 0.3) is 0 Å². The van der Waals surface area contributed by atoms with E-state index in [1.54, 1.807) is 12.3 Å². The van der Waals surface area contributed by atoms with Crippen molar-refractivity contribution < 1.29 is 8.42 Å². The lowest BCUT2D eigenvalue weighted by molar-refractivity contribution is 0.154. The molecule has 23 heavy (non-hydrogen) atoms. The SMILES string of the molecule is CS(=O)(=O)N1CCN(Cn2ccc(=O)c3cccc(Br)c32)CC1. The van der Waals surface area contributed by atoms with E-state index in [0.29, 0.717) is 38.2 Å². The smallest absolute Gasteiger partial charge is 0.211 e. The molecule has 1 aromatic heterocycles. The Labute approximate surface area is 143 Å². The number of hydrogen-bond donors (Lipinski definition) is 0. The minimum atomic E-state index is -3.12. The lowest BCUT2D eigenvalue weighted by atomic mass is 10.2. The Morgan fingerprint density at radius 3 is 2.48 bits per heavy atom.